The Bertz CT molecular complexity index is 729. The number of hydrogen-bond acceptors (Lipinski definition) is 4. The zero-order chi connectivity index (χ0) is 16.1. The number of hydrogen-bond donors (Lipinski definition) is 1. The molecule has 0 unspecified atom stereocenters. The molecule has 6 heteroatoms. The van der Waals surface area contributed by atoms with Gasteiger partial charge in [0.15, 0.2) is 5.84 Å². The standard InChI is InChI=1S/C17H16ClN3O2/c18-14-4-6-15(7-5-14)23-16-12-13(8-9-19-16)17(20-22)21-10-2-1-3-11-21/h1-2,4-9,12,22H,3,10-11H2/b20-17-. The first-order chi connectivity index (χ1) is 11.3. The minimum atomic E-state index is 0.429. The highest BCUT2D eigenvalue weighted by molar-refractivity contribution is 6.30. The van der Waals surface area contributed by atoms with Gasteiger partial charge in [0.05, 0.1) is 0 Å². The molecule has 0 radical (unpaired) electrons. The van der Waals surface area contributed by atoms with Crippen molar-refractivity contribution >= 4 is 17.4 Å². The van der Waals surface area contributed by atoms with Crippen molar-refractivity contribution in [3.63, 3.8) is 0 Å². The lowest BCUT2D eigenvalue weighted by Gasteiger charge is -2.25. The maximum atomic E-state index is 9.39. The Morgan fingerprint density at radius 1 is 1.22 bits per heavy atom. The van der Waals surface area contributed by atoms with Crippen molar-refractivity contribution in [3.05, 3.63) is 65.3 Å². The lowest BCUT2D eigenvalue weighted by atomic mass is 10.2. The number of oxime groups is 1. The van der Waals surface area contributed by atoms with Crippen LogP contribution in [0.5, 0.6) is 11.6 Å². The first-order valence-corrected chi connectivity index (χ1v) is 7.66. The van der Waals surface area contributed by atoms with Crippen LogP contribution in [0, 0.1) is 0 Å². The van der Waals surface area contributed by atoms with E-state index < -0.39 is 0 Å². The number of benzene rings is 1. The number of pyridine rings is 1. The van der Waals surface area contributed by atoms with Crippen molar-refractivity contribution in [2.24, 2.45) is 5.16 Å². The number of nitrogens with zero attached hydrogens (tertiary/aromatic N) is 3. The molecule has 0 saturated heterocycles. The molecule has 0 aliphatic carbocycles. The summed E-state index contributed by atoms with van der Waals surface area (Å²) in [5.74, 6) is 1.58. The molecular formula is C17H16ClN3O2. The fraction of sp³-hybridized carbons (Fsp3) is 0.176. The molecule has 2 heterocycles. The molecule has 2 aromatic rings. The predicted octanol–water partition coefficient (Wildman–Crippen LogP) is 3.93. The van der Waals surface area contributed by atoms with Crippen molar-refractivity contribution in [2.45, 2.75) is 6.42 Å². The van der Waals surface area contributed by atoms with Crippen molar-refractivity contribution < 1.29 is 9.94 Å². The first-order valence-electron chi connectivity index (χ1n) is 7.28. The first kappa shape index (κ1) is 15.4. The van der Waals surface area contributed by atoms with Gasteiger partial charge in [-0.15, -0.1) is 0 Å². The summed E-state index contributed by atoms with van der Waals surface area (Å²) in [6.07, 6.45) is 6.73. The van der Waals surface area contributed by atoms with Crippen LogP contribution in [0.15, 0.2) is 59.9 Å². The summed E-state index contributed by atoms with van der Waals surface area (Å²) < 4.78 is 5.72. The molecule has 118 valence electrons. The molecule has 5 nitrogen and oxygen atoms in total. The van der Waals surface area contributed by atoms with E-state index >= 15 is 0 Å². The lowest BCUT2D eigenvalue weighted by Crippen LogP contribution is -2.34. The van der Waals surface area contributed by atoms with Gasteiger partial charge in [-0.05, 0) is 36.8 Å². The summed E-state index contributed by atoms with van der Waals surface area (Å²) in [6, 6.07) is 10.6. The van der Waals surface area contributed by atoms with Gasteiger partial charge in [-0.25, -0.2) is 4.98 Å². The lowest BCUT2D eigenvalue weighted by molar-refractivity contribution is 0.303. The van der Waals surface area contributed by atoms with Crippen molar-refractivity contribution in [3.8, 4) is 11.6 Å². The molecule has 23 heavy (non-hydrogen) atoms. The fourth-order valence-electron chi connectivity index (χ4n) is 2.36. The van der Waals surface area contributed by atoms with Crippen LogP contribution in [-0.4, -0.2) is 34.0 Å². The minimum absolute atomic E-state index is 0.429. The van der Waals surface area contributed by atoms with Crippen LogP contribution in [0.2, 0.25) is 5.02 Å². The molecule has 1 N–H and O–H groups in total. The smallest absolute Gasteiger partial charge is 0.219 e. The molecule has 0 bridgehead atoms. The minimum Gasteiger partial charge on any atom is -0.439 e. The van der Waals surface area contributed by atoms with Gasteiger partial charge in [0.1, 0.15) is 5.75 Å². The maximum absolute atomic E-state index is 9.39. The average Bonchev–Trinajstić information content (AvgIpc) is 2.59. The van der Waals surface area contributed by atoms with Gasteiger partial charge in [0.2, 0.25) is 5.88 Å². The van der Waals surface area contributed by atoms with Gasteiger partial charge in [-0.2, -0.15) is 0 Å². The molecule has 0 atom stereocenters. The Morgan fingerprint density at radius 3 is 2.74 bits per heavy atom. The molecule has 0 spiro atoms. The zero-order valence-electron chi connectivity index (χ0n) is 12.4. The highest BCUT2D eigenvalue weighted by atomic mass is 35.5. The van der Waals surface area contributed by atoms with Crippen LogP contribution in [0.3, 0.4) is 0 Å². The molecule has 1 aliphatic heterocycles. The van der Waals surface area contributed by atoms with Gasteiger partial charge in [0.25, 0.3) is 0 Å². The molecule has 1 aromatic carbocycles. The Hall–Kier alpha value is -2.53. The van der Waals surface area contributed by atoms with Crippen molar-refractivity contribution in [1.29, 1.82) is 0 Å². The Labute approximate surface area is 139 Å². The summed E-state index contributed by atoms with van der Waals surface area (Å²) in [6.45, 7) is 1.53. The highest BCUT2D eigenvalue weighted by Gasteiger charge is 2.16. The Balaban J connectivity index is 1.81. The van der Waals surface area contributed by atoms with E-state index in [1.54, 1.807) is 42.6 Å². The molecule has 3 rings (SSSR count). The van der Waals surface area contributed by atoms with Gasteiger partial charge in [0, 0.05) is 35.9 Å². The summed E-state index contributed by atoms with van der Waals surface area (Å²) >= 11 is 5.86. The Kier molecular flexibility index (Phi) is 4.78. The van der Waals surface area contributed by atoms with E-state index in [9.17, 15) is 5.21 Å². The van der Waals surface area contributed by atoms with E-state index in [1.807, 2.05) is 4.90 Å². The number of halogens is 1. The number of rotatable bonds is 3. The maximum Gasteiger partial charge on any atom is 0.219 e. The second-order valence-corrected chi connectivity index (χ2v) is 5.50. The molecule has 0 fully saturated rings. The van der Waals surface area contributed by atoms with E-state index in [-0.39, 0.29) is 0 Å². The topological polar surface area (TPSA) is 58.0 Å². The third-order valence-electron chi connectivity index (χ3n) is 3.48. The van der Waals surface area contributed by atoms with Crippen LogP contribution >= 0.6 is 11.6 Å². The van der Waals surface area contributed by atoms with Gasteiger partial charge < -0.3 is 14.8 Å². The monoisotopic (exact) mass is 329 g/mol. The number of amidine groups is 1. The van der Waals surface area contributed by atoms with Gasteiger partial charge in [-0.1, -0.05) is 28.9 Å². The molecular weight excluding hydrogens is 314 g/mol. The SMILES string of the molecule is O/N=C(/c1ccnc(Oc2ccc(Cl)cc2)c1)N1CC=CCC1. The summed E-state index contributed by atoms with van der Waals surface area (Å²) in [5, 5.41) is 13.5. The van der Waals surface area contributed by atoms with E-state index in [2.05, 4.69) is 22.3 Å². The molecule has 1 aromatic heterocycles. The zero-order valence-corrected chi connectivity index (χ0v) is 13.1. The third-order valence-corrected chi connectivity index (χ3v) is 3.73. The molecule has 0 amide bonds. The van der Waals surface area contributed by atoms with Crippen LogP contribution < -0.4 is 4.74 Å². The number of aromatic nitrogens is 1. The summed E-state index contributed by atoms with van der Waals surface area (Å²) in [5.41, 5.74) is 0.752. The van der Waals surface area contributed by atoms with Gasteiger partial charge in [-0.3, -0.25) is 0 Å². The third kappa shape index (κ3) is 3.81. The van der Waals surface area contributed by atoms with Crippen molar-refractivity contribution in [2.75, 3.05) is 13.1 Å². The average molecular weight is 330 g/mol. The normalized spacial score (nSPS) is 14.8. The highest BCUT2D eigenvalue weighted by Crippen LogP contribution is 2.22. The van der Waals surface area contributed by atoms with Crippen LogP contribution in [0.25, 0.3) is 0 Å². The quantitative estimate of drug-likeness (QED) is 0.305. The largest absolute Gasteiger partial charge is 0.439 e. The fourth-order valence-corrected chi connectivity index (χ4v) is 2.49. The molecule has 1 aliphatic rings. The van der Waals surface area contributed by atoms with E-state index in [0.29, 0.717) is 22.5 Å². The summed E-state index contributed by atoms with van der Waals surface area (Å²) in [4.78, 5) is 6.20. The number of ether oxygens (including phenoxy) is 1. The second kappa shape index (κ2) is 7.15. The van der Waals surface area contributed by atoms with Crippen LogP contribution in [-0.2, 0) is 0 Å². The van der Waals surface area contributed by atoms with E-state index in [1.165, 1.54) is 0 Å². The summed E-state index contributed by atoms with van der Waals surface area (Å²) in [7, 11) is 0. The van der Waals surface area contributed by atoms with E-state index in [4.69, 9.17) is 16.3 Å². The van der Waals surface area contributed by atoms with Gasteiger partial charge >= 0.3 is 0 Å². The van der Waals surface area contributed by atoms with Crippen molar-refractivity contribution in [1.82, 2.24) is 9.88 Å². The van der Waals surface area contributed by atoms with Crippen LogP contribution in [0.4, 0.5) is 0 Å². The van der Waals surface area contributed by atoms with Crippen LogP contribution in [0.1, 0.15) is 12.0 Å². The second-order valence-electron chi connectivity index (χ2n) is 5.07. The molecule has 0 saturated carbocycles. The predicted molar refractivity (Wildman–Crippen MR) is 89.4 cm³/mol. The van der Waals surface area contributed by atoms with E-state index in [0.717, 1.165) is 25.1 Å². The Morgan fingerprint density at radius 2 is 2.04 bits per heavy atom.